The lowest BCUT2D eigenvalue weighted by Crippen LogP contribution is -2.12. The fourth-order valence-corrected chi connectivity index (χ4v) is 0.718. The van der Waals surface area contributed by atoms with Gasteiger partial charge in [-0.2, -0.15) is 0 Å². The zero-order chi connectivity index (χ0) is 8.81. The van der Waals surface area contributed by atoms with Gasteiger partial charge in [0.25, 0.3) is 0 Å². The molecule has 1 aromatic rings. The topological polar surface area (TPSA) is 35.5 Å². The molecule has 3 nitrogen and oxygen atoms in total. The molecule has 1 rings (SSSR count). The third-order valence-corrected chi connectivity index (χ3v) is 1.33. The fraction of sp³-hybridized carbons (Fsp3) is 0.222. The number of methoxy groups -OCH3 is 1. The summed E-state index contributed by atoms with van der Waals surface area (Å²) in [6.07, 6.45) is 0. The first-order chi connectivity index (χ1) is 5.83. The molecule has 4 heteroatoms. The van der Waals surface area contributed by atoms with Crippen molar-refractivity contribution in [1.82, 2.24) is 0 Å². The van der Waals surface area contributed by atoms with Gasteiger partial charge in [0.15, 0.2) is 6.61 Å². The molecule has 0 saturated carbocycles. The van der Waals surface area contributed by atoms with Crippen LogP contribution < -0.4 is 4.74 Å². The summed E-state index contributed by atoms with van der Waals surface area (Å²) >= 11 is 0. The maximum Gasteiger partial charge on any atom is 0.343 e. The highest BCUT2D eigenvalue weighted by Gasteiger charge is 1.99. The van der Waals surface area contributed by atoms with Crippen LogP contribution in [0.4, 0.5) is 0 Å². The van der Waals surface area contributed by atoms with Gasteiger partial charge in [-0.05, 0) is 12.1 Å². The Labute approximate surface area is 83.1 Å². The van der Waals surface area contributed by atoms with Gasteiger partial charge in [0.2, 0.25) is 0 Å². The first-order valence-corrected chi connectivity index (χ1v) is 3.57. The van der Waals surface area contributed by atoms with Gasteiger partial charge in [-0.15, -0.1) is 12.4 Å². The van der Waals surface area contributed by atoms with E-state index in [2.05, 4.69) is 4.74 Å². The number of esters is 1. The van der Waals surface area contributed by atoms with E-state index in [1.54, 1.807) is 12.1 Å². The molecular weight excluding hydrogens is 192 g/mol. The Balaban J connectivity index is 0.00000144. The molecule has 0 N–H and O–H groups in total. The van der Waals surface area contributed by atoms with Crippen molar-refractivity contribution >= 4 is 18.4 Å². The van der Waals surface area contributed by atoms with Crippen LogP contribution in [0.25, 0.3) is 0 Å². The molecule has 0 aliphatic rings. The normalized spacial score (nSPS) is 8.38. The molecule has 0 atom stereocenters. The standard InChI is InChI=1S/C9H10O3.ClH/c1-11-9(10)7-12-8-5-3-2-4-6-8;/h2-6H,7H2,1H3;1H. The summed E-state index contributed by atoms with van der Waals surface area (Å²) in [5, 5.41) is 0. The van der Waals surface area contributed by atoms with E-state index >= 15 is 0 Å². The molecule has 0 aliphatic carbocycles. The van der Waals surface area contributed by atoms with Crippen LogP contribution in [0.1, 0.15) is 0 Å². The summed E-state index contributed by atoms with van der Waals surface area (Å²) in [6, 6.07) is 9.12. The molecular formula is C9H11ClO3. The zero-order valence-electron chi connectivity index (χ0n) is 7.23. The Kier molecular flexibility index (Phi) is 5.72. The number of rotatable bonds is 3. The summed E-state index contributed by atoms with van der Waals surface area (Å²) in [4.78, 5) is 10.6. The second kappa shape index (κ2) is 6.31. The van der Waals surface area contributed by atoms with E-state index in [4.69, 9.17) is 4.74 Å². The second-order valence-corrected chi connectivity index (χ2v) is 2.18. The number of para-hydroxylation sites is 1. The highest BCUT2D eigenvalue weighted by Crippen LogP contribution is 2.07. The average molecular weight is 203 g/mol. The maximum atomic E-state index is 10.6. The molecule has 1 aromatic carbocycles. The van der Waals surface area contributed by atoms with Gasteiger partial charge in [0, 0.05) is 0 Å². The second-order valence-electron chi connectivity index (χ2n) is 2.18. The lowest BCUT2D eigenvalue weighted by Gasteiger charge is -2.02. The zero-order valence-corrected chi connectivity index (χ0v) is 8.04. The first-order valence-electron chi connectivity index (χ1n) is 3.57. The van der Waals surface area contributed by atoms with Crippen LogP contribution >= 0.6 is 12.4 Å². The lowest BCUT2D eigenvalue weighted by atomic mass is 10.3. The van der Waals surface area contributed by atoms with Crippen molar-refractivity contribution in [2.75, 3.05) is 13.7 Å². The van der Waals surface area contributed by atoms with Gasteiger partial charge in [0.05, 0.1) is 7.11 Å². The van der Waals surface area contributed by atoms with Crippen molar-refractivity contribution in [2.45, 2.75) is 0 Å². The maximum absolute atomic E-state index is 10.6. The number of hydrogen-bond donors (Lipinski definition) is 0. The van der Waals surface area contributed by atoms with Crippen LogP contribution in [-0.2, 0) is 9.53 Å². The number of carbonyl (C=O) groups is 1. The SMILES string of the molecule is COC(=O)COc1ccccc1.Cl. The first kappa shape index (κ1) is 11.8. The Morgan fingerprint density at radius 2 is 1.92 bits per heavy atom. The minimum Gasteiger partial charge on any atom is -0.482 e. The van der Waals surface area contributed by atoms with Gasteiger partial charge >= 0.3 is 5.97 Å². The van der Waals surface area contributed by atoms with E-state index in [0.717, 1.165) is 0 Å². The van der Waals surface area contributed by atoms with Crippen LogP contribution in [0.2, 0.25) is 0 Å². The molecule has 0 bridgehead atoms. The van der Waals surface area contributed by atoms with Crippen molar-refractivity contribution in [1.29, 1.82) is 0 Å². The Morgan fingerprint density at radius 1 is 1.31 bits per heavy atom. The largest absolute Gasteiger partial charge is 0.482 e. The van der Waals surface area contributed by atoms with Crippen LogP contribution in [-0.4, -0.2) is 19.7 Å². The Morgan fingerprint density at radius 3 is 2.46 bits per heavy atom. The minimum absolute atomic E-state index is 0. The molecule has 0 heterocycles. The van der Waals surface area contributed by atoms with Crippen LogP contribution in [0, 0.1) is 0 Å². The smallest absolute Gasteiger partial charge is 0.343 e. The van der Waals surface area contributed by atoms with Crippen molar-refractivity contribution < 1.29 is 14.3 Å². The van der Waals surface area contributed by atoms with E-state index in [1.165, 1.54) is 7.11 Å². The summed E-state index contributed by atoms with van der Waals surface area (Å²) in [6.45, 7) is -0.0412. The minimum atomic E-state index is -0.376. The van der Waals surface area contributed by atoms with Gasteiger partial charge < -0.3 is 9.47 Å². The third-order valence-electron chi connectivity index (χ3n) is 1.33. The van der Waals surface area contributed by atoms with E-state index in [0.29, 0.717) is 5.75 Å². The summed E-state index contributed by atoms with van der Waals surface area (Å²) < 4.78 is 9.49. The van der Waals surface area contributed by atoms with Crippen molar-refractivity contribution in [2.24, 2.45) is 0 Å². The van der Waals surface area contributed by atoms with E-state index in [9.17, 15) is 4.79 Å². The third kappa shape index (κ3) is 4.38. The molecule has 0 radical (unpaired) electrons. The van der Waals surface area contributed by atoms with Crippen molar-refractivity contribution in [3.05, 3.63) is 30.3 Å². The van der Waals surface area contributed by atoms with Crippen LogP contribution in [0.3, 0.4) is 0 Å². The van der Waals surface area contributed by atoms with E-state index in [-0.39, 0.29) is 25.0 Å². The summed E-state index contributed by atoms with van der Waals surface area (Å²) in [5.74, 6) is 0.293. The predicted molar refractivity (Wildman–Crippen MR) is 51.2 cm³/mol. The molecule has 0 saturated heterocycles. The Bertz CT molecular complexity index is 248. The predicted octanol–water partition coefficient (Wildman–Crippen LogP) is 1.66. The lowest BCUT2D eigenvalue weighted by molar-refractivity contribution is -0.142. The van der Waals surface area contributed by atoms with Gasteiger partial charge in [0.1, 0.15) is 5.75 Å². The fourth-order valence-electron chi connectivity index (χ4n) is 0.718. The monoisotopic (exact) mass is 202 g/mol. The Hall–Kier alpha value is -1.22. The quantitative estimate of drug-likeness (QED) is 0.700. The van der Waals surface area contributed by atoms with Crippen molar-refractivity contribution in [3.63, 3.8) is 0 Å². The molecule has 0 aliphatic heterocycles. The average Bonchev–Trinajstić information content (AvgIpc) is 2.16. The highest BCUT2D eigenvalue weighted by atomic mass is 35.5. The van der Waals surface area contributed by atoms with Crippen LogP contribution in [0.5, 0.6) is 5.75 Å². The summed E-state index contributed by atoms with van der Waals surface area (Å²) in [5.41, 5.74) is 0. The molecule has 0 fully saturated rings. The van der Waals surface area contributed by atoms with E-state index < -0.39 is 0 Å². The number of carbonyl (C=O) groups excluding carboxylic acids is 1. The van der Waals surface area contributed by atoms with Gasteiger partial charge in [-0.1, -0.05) is 18.2 Å². The van der Waals surface area contributed by atoms with E-state index in [1.807, 2.05) is 18.2 Å². The number of benzene rings is 1. The van der Waals surface area contributed by atoms with Crippen molar-refractivity contribution in [3.8, 4) is 5.75 Å². The molecule has 13 heavy (non-hydrogen) atoms. The summed E-state index contributed by atoms with van der Waals surface area (Å²) in [7, 11) is 1.33. The molecule has 0 aromatic heterocycles. The molecule has 0 unspecified atom stereocenters. The number of ether oxygens (including phenoxy) is 2. The van der Waals surface area contributed by atoms with Gasteiger partial charge in [-0.3, -0.25) is 0 Å². The highest BCUT2D eigenvalue weighted by molar-refractivity contribution is 5.85. The number of hydrogen-bond acceptors (Lipinski definition) is 3. The van der Waals surface area contributed by atoms with Crippen LogP contribution in [0.15, 0.2) is 30.3 Å². The van der Waals surface area contributed by atoms with Gasteiger partial charge in [-0.25, -0.2) is 4.79 Å². The molecule has 0 spiro atoms. The molecule has 0 amide bonds. The molecule has 72 valence electrons. The number of halogens is 1.